The van der Waals surface area contributed by atoms with Crippen molar-refractivity contribution in [2.24, 2.45) is 0 Å². The molecule has 3 aliphatic heterocycles. The van der Waals surface area contributed by atoms with Crippen LogP contribution in [0.2, 0.25) is 0 Å². The topological polar surface area (TPSA) is 73.4 Å². The molecule has 1 amide bonds. The lowest BCUT2D eigenvalue weighted by Gasteiger charge is -2.34. The molecule has 3 aromatic rings. The van der Waals surface area contributed by atoms with Gasteiger partial charge in [0, 0.05) is 54.0 Å². The van der Waals surface area contributed by atoms with Crippen LogP contribution in [0.15, 0.2) is 48.7 Å². The third kappa shape index (κ3) is 3.29. The monoisotopic (exact) mass is 426 g/mol. The molecule has 0 aliphatic carbocycles. The summed E-state index contributed by atoms with van der Waals surface area (Å²) < 4.78 is 0. The van der Waals surface area contributed by atoms with Gasteiger partial charge in [-0.1, -0.05) is 6.07 Å². The summed E-state index contributed by atoms with van der Waals surface area (Å²) in [6.07, 6.45) is 3.45. The van der Waals surface area contributed by atoms with Gasteiger partial charge in [-0.15, -0.1) is 0 Å². The number of hydrogen-bond donors (Lipinski definition) is 2. The fourth-order valence-corrected chi connectivity index (χ4v) is 5.31. The lowest BCUT2D eigenvalue weighted by atomic mass is 10.1. The Morgan fingerprint density at radius 3 is 2.78 bits per heavy atom. The van der Waals surface area contributed by atoms with Gasteiger partial charge in [0.05, 0.1) is 12.1 Å². The Hall–Kier alpha value is -3.45. The smallest absolute Gasteiger partial charge is 0.228 e. The van der Waals surface area contributed by atoms with Gasteiger partial charge >= 0.3 is 0 Å². The summed E-state index contributed by atoms with van der Waals surface area (Å²) >= 11 is 0. The number of aromatic nitrogens is 2. The second-order valence-electron chi connectivity index (χ2n) is 9.12. The first-order valence-electron chi connectivity index (χ1n) is 11.1. The van der Waals surface area contributed by atoms with Gasteiger partial charge < -0.3 is 15.5 Å². The van der Waals surface area contributed by atoms with Crippen LogP contribution >= 0.6 is 0 Å². The highest BCUT2D eigenvalue weighted by molar-refractivity contribution is 5.99. The van der Waals surface area contributed by atoms with Crippen LogP contribution in [0.25, 0.3) is 11.3 Å². The molecule has 0 saturated carbocycles. The predicted octanol–water partition coefficient (Wildman–Crippen LogP) is 3.58. The SMILES string of the molecule is Cc1cc(Nc2nccc(-c3ccc4c(c3)CC(=O)N4)n2)ccc1N1CC2CC1CN2C. The second-order valence-corrected chi connectivity index (χ2v) is 9.12. The van der Waals surface area contributed by atoms with Gasteiger partial charge in [-0.2, -0.15) is 0 Å². The molecule has 2 unspecified atom stereocenters. The summed E-state index contributed by atoms with van der Waals surface area (Å²) in [7, 11) is 2.23. The van der Waals surface area contributed by atoms with E-state index in [9.17, 15) is 4.79 Å². The summed E-state index contributed by atoms with van der Waals surface area (Å²) in [6.45, 7) is 4.44. The number of rotatable bonds is 4. The third-order valence-corrected chi connectivity index (χ3v) is 6.96. The zero-order valence-corrected chi connectivity index (χ0v) is 18.3. The minimum absolute atomic E-state index is 0.0368. The molecular formula is C25H26N6O. The van der Waals surface area contributed by atoms with Crippen LogP contribution in [0.5, 0.6) is 0 Å². The zero-order chi connectivity index (χ0) is 21.8. The molecule has 2 fully saturated rings. The van der Waals surface area contributed by atoms with Crippen LogP contribution < -0.4 is 15.5 Å². The third-order valence-electron chi connectivity index (χ3n) is 6.96. The van der Waals surface area contributed by atoms with Crippen molar-refractivity contribution >= 4 is 28.9 Å². The highest BCUT2D eigenvalue weighted by Gasteiger charge is 2.41. The number of nitrogens with one attached hydrogen (secondary N) is 2. The largest absolute Gasteiger partial charge is 0.365 e. The summed E-state index contributed by atoms with van der Waals surface area (Å²) in [5.74, 6) is 0.598. The number of likely N-dealkylation sites (N-methyl/N-ethyl adjacent to an activating group) is 1. The number of nitrogens with zero attached hydrogens (tertiary/aromatic N) is 4. The number of amides is 1. The Kier molecular flexibility index (Phi) is 4.40. The van der Waals surface area contributed by atoms with E-state index in [2.05, 4.69) is 57.6 Å². The number of carbonyl (C=O) groups is 1. The van der Waals surface area contributed by atoms with Crippen LogP contribution in [-0.4, -0.2) is 53.0 Å². The van der Waals surface area contributed by atoms with Crippen LogP contribution in [-0.2, 0) is 11.2 Å². The summed E-state index contributed by atoms with van der Waals surface area (Å²) in [6, 6.07) is 15.7. The zero-order valence-electron chi connectivity index (χ0n) is 18.3. The van der Waals surface area contributed by atoms with Gasteiger partial charge in [-0.3, -0.25) is 9.69 Å². The van der Waals surface area contributed by atoms with E-state index in [-0.39, 0.29) is 5.91 Å². The van der Waals surface area contributed by atoms with Crippen molar-refractivity contribution in [1.29, 1.82) is 0 Å². The number of hydrogen-bond acceptors (Lipinski definition) is 6. The van der Waals surface area contributed by atoms with E-state index in [0.29, 0.717) is 24.5 Å². The van der Waals surface area contributed by atoms with Gasteiger partial charge in [0.1, 0.15) is 0 Å². The molecule has 2 saturated heterocycles. The van der Waals surface area contributed by atoms with Crippen molar-refractivity contribution in [1.82, 2.24) is 14.9 Å². The van der Waals surface area contributed by atoms with Gasteiger partial charge in [0.15, 0.2) is 0 Å². The number of benzene rings is 2. The van der Waals surface area contributed by atoms with Crippen molar-refractivity contribution in [3.05, 3.63) is 59.8 Å². The Morgan fingerprint density at radius 2 is 2.00 bits per heavy atom. The van der Waals surface area contributed by atoms with E-state index in [0.717, 1.165) is 41.3 Å². The fourth-order valence-electron chi connectivity index (χ4n) is 5.31. The maximum absolute atomic E-state index is 11.6. The van der Waals surface area contributed by atoms with Crippen LogP contribution in [0, 0.1) is 6.92 Å². The quantitative estimate of drug-likeness (QED) is 0.664. The molecule has 2 atom stereocenters. The van der Waals surface area contributed by atoms with Crippen molar-refractivity contribution < 1.29 is 4.79 Å². The maximum Gasteiger partial charge on any atom is 0.228 e. The van der Waals surface area contributed by atoms with E-state index in [4.69, 9.17) is 4.98 Å². The van der Waals surface area contributed by atoms with E-state index in [1.807, 2.05) is 24.3 Å². The number of aryl methyl sites for hydroxylation is 1. The predicted molar refractivity (Wildman–Crippen MR) is 126 cm³/mol. The Bertz CT molecular complexity index is 1220. The van der Waals surface area contributed by atoms with Crippen molar-refractivity contribution in [3.8, 4) is 11.3 Å². The first-order valence-corrected chi connectivity index (χ1v) is 11.1. The highest BCUT2D eigenvalue weighted by Crippen LogP contribution is 2.36. The fraction of sp³-hybridized carbons (Fsp3) is 0.320. The Morgan fingerprint density at radius 1 is 1.09 bits per heavy atom. The molecule has 7 heteroatoms. The molecule has 0 radical (unpaired) electrons. The molecule has 32 heavy (non-hydrogen) atoms. The Balaban J connectivity index is 1.21. The minimum atomic E-state index is 0.0368. The second kappa shape index (κ2) is 7.31. The van der Waals surface area contributed by atoms with Crippen LogP contribution in [0.4, 0.5) is 23.0 Å². The van der Waals surface area contributed by atoms with Crippen molar-refractivity contribution in [2.45, 2.75) is 31.8 Å². The van der Waals surface area contributed by atoms with Gasteiger partial charge in [0.2, 0.25) is 11.9 Å². The molecule has 7 nitrogen and oxygen atoms in total. The first-order chi connectivity index (χ1) is 15.5. The van der Waals surface area contributed by atoms with Crippen LogP contribution in [0.1, 0.15) is 17.5 Å². The molecule has 2 aromatic carbocycles. The standard InChI is InChI=1S/C25H26N6O/c1-15-9-18(4-6-23(15)31-14-19-12-20(31)13-30(19)2)27-25-26-8-7-22(29-25)16-3-5-21-17(10-16)11-24(32)28-21/h3-10,19-20H,11-14H2,1-2H3,(H,28,32)(H,26,27,29). The number of fused-ring (bicyclic) bond motifs is 3. The lowest BCUT2D eigenvalue weighted by Crippen LogP contribution is -2.44. The Labute approximate surface area is 187 Å². The average molecular weight is 427 g/mol. The van der Waals surface area contributed by atoms with E-state index in [1.54, 1.807) is 6.20 Å². The summed E-state index contributed by atoms with van der Waals surface area (Å²) in [5, 5.41) is 6.23. The first kappa shape index (κ1) is 19.3. The number of anilines is 4. The summed E-state index contributed by atoms with van der Waals surface area (Å²) in [5.41, 5.74) is 7.27. The van der Waals surface area contributed by atoms with Gasteiger partial charge in [-0.25, -0.2) is 9.97 Å². The van der Waals surface area contributed by atoms with Crippen molar-refractivity contribution in [3.63, 3.8) is 0 Å². The molecule has 0 spiro atoms. The number of likely N-dealkylation sites (tertiary alicyclic amines) is 1. The molecule has 3 aliphatic rings. The number of carbonyl (C=O) groups excluding carboxylic acids is 1. The average Bonchev–Trinajstić information content (AvgIpc) is 3.46. The maximum atomic E-state index is 11.6. The molecule has 162 valence electrons. The number of piperazine rings is 1. The highest BCUT2D eigenvalue weighted by atomic mass is 16.1. The lowest BCUT2D eigenvalue weighted by molar-refractivity contribution is -0.115. The summed E-state index contributed by atoms with van der Waals surface area (Å²) in [4.78, 5) is 25.8. The van der Waals surface area contributed by atoms with E-state index >= 15 is 0 Å². The van der Waals surface area contributed by atoms with Gasteiger partial charge in [-0.05, 0) is 67.9 Å². The van der Waals surface area contributed by atoms with Gasteiger partial charge in [0.25, 0.3) is 0 Å². The molecule has 4 heterocycles. The molecule has 1 aromatic heterocycles. The van der Waals surface area contributed by atoms with E-state index < -0.39 is 0 Å². The molecule has 2 N–H and O–H groups in total. The minimum Gasteiger partial charge on any atom is -0.365 e. The molecule has 2 bridgehead atoms. The van der Waals surface area contributed by atoms with Crippen molar-refractivity contribution in [2.75, 3.05) is 35.7 Å². The normalized spacial score (nSPS) is 21.7. The molecular weight excluding hydrogens is 400 g/mol. The van der Waals surface area contributed by atoms with Crippen LogP contribution in [0.3, 0.4) is 0 Å². The molecule has 6 rings (SSSR count). The van der Waals surface area contributed by atoms with E-state index in [1.165, 1.54) is 17.7 Å².